The van der Waals surface area contributed by atoms with Crippen molar-refractivity contribution in [1.82, 2.24) is 14.9 Å². The van der Waals surface area contributed by atoms with Crippen molar-refractivity contribution in [3.63, 3.8) is 0 Å². The van der Waals surface area contributed by atoms with E-state index in [2.05, 4.69) is 10.3 Å². The number of aromatic nitrogens is 2. The molecule has 1 atom stereocenters. The second kappa shape index (κ2) is 6.74. The minimum Gasteiger partial charge on any atom is -0.348 e. The average Bonchev–Trinajstić information content (AvgIpc) is 2.90. The predicted molar refractivity (Wildman–Crippen MR) is 84.1 cm³/mol. The van der Waals surface area contributed by atoms with Crippen LogP contribution in [-0.4, -0.2) is 36.2 Å². The zero-order chi connectivity index (χ0) is 16.2. The molecule has 22 heavy (non-hydrogen) atoms. The molecule has 1 aromatic heterocycles. The van der Waals surface area contributed by atoms with Crippen LogP contribution in [0.25, 0.3) is 0 Å². The number of benzene rings is 1. The minimum absolute atomic E-state index is 0.0219. The van der Waals surface area contributed by atoms with Crippen molar-refractivity contribution in [1.29, 1.82) is 0 Å². The zero-order valence-corrected chi connectivity index (χ0v) is 13.4. The third kappa shape index (κ3) is 5.00. The van der Waals surface area contributed by atoms with Crippen LogP contribution in [0.4, 0.5) is 0 Å². The molecule has 1 aromatic carbocycles. The summed E-state index contributed by atoms with van der Waals surface area (Å²) in [6, 6.07) is 6.56. The van der Waals surface area contributed by atoms with E-state index in [9.17, 15) is 13.2 Å². The minimum atomic E-state index is -3.07. The van der Waals surface area contributed by atoms with Gasteiger partial charge in [-0.1, -0.05) is 12.1 Å². The lowest BCUT2D eigenvalue weighted by molar-refractivity contribution is 0.0936. The van der Waals surface area contributed by atoms with E-state index in [-0.39, 0.29) is 17.7 Å². The lowest BCUT2D eigenvalue weighted by Crippen LogP contribution is -2.35. The van der Waals surface area contributed by atoms with Gasteiger partial charge in [0.15, 0.2) is 9.84 Å². The first-order chi connectivity index (χ1) is 10.3. The second-order valence-electron chi connectivity index (χ2n) is 5.40. The molecule has 0 saturated carbocycles. The molecule has 0 fully saturated rings. The highest BCUT2D eigenvalue weighted by Crippen LogP contribution is 2.08. The summed E-state index contributed by atoms with van der Waals surface area (Å²) in [5.74, 6) is -0.204. The molecule has 6 nitrogen and oxygen atoms in total. The maximum atomic E-state index is 12.1. The Hall–Kier alpha value is -2.15. The topological polar surface area (TPSA) is 81.1 Å². The van der Waals surface area contributed by atoms with Crippen LogP contribution in [-0.2, 0) is 22.1 Å². The van der Waals surface area contributed by atoms with E-state index in [0.717, 1.165) is 0 Å². The predicted octanol–water partition coefficient (Wildman–Crippen LogP) is 1.25. The number of sulfone groups is 1. The lowest BCUT2D eigenvalue weighted by Gasteiger charge is -2.14. The van der Waals surface area contributed by atoms with Crippen LogP contribution in [0.2, 0.25) is 0 Å². The fraction of sp³-hybridized carbons (Fsp3) is 0.333. The smallest absolute Gasteiger partial charge is 0.251 e. The van der Waals surface area contributed by atoms with Crippen LogP contribution in [0.3, 0.4) is 0 Å². The fourth-order valence-corrected chi connectivity index (χ4v) is 2.92. The summed E-state index contributed by atoms with van der Waals surface area (Å²) >= 11 is 0. The molecule has 118 valence electrons. The van der Waals surface area contributed by atoms with Gasteiger partial charge in [0.2, 0.25) is 0 Å². The van der Waals surface area contributed by atoms with Crippen molar-refractivity contribution >= 4 is 15.7 Å². The fourth-order valence-electron chi connectivity index (χ4n) is 2.12. The number of carbonyl (C=O) groups excluding carboxylic acids is 1. The van der Waals surface area contributed by atoms with Gasteiger partial charge in [-0.05, 0) is 24.6 Å². The number of amides is 1. The molecule has 0 aliphatic rings. The summed E-state index contributed by atoms with van der Waals surface area (Å²) in [6.45, 7) is 2.55. The van der Waals surface area contributed by atoms with E-state index in [1.165, 1.54) is 6.26 Å². The third-order valence-corrected chi connectivity index (χ3v) is 3.92. The molecule has 2 aromatic rings. The van der Waals surface area contributed by atoms with Gasteiger partial charge in [0, 0.05) is 36.8 Å². The number of carbonyl (C=O) groups is 1. The largest absolute Gasteiger partial charge is 0.348 e. The zero-order valence-electron chi connectivity index (χ0n) is 12.6. The lowest BCUT2D eigenvalue weighted by atomic mass is 10.1. The van der Waals surface area contributed by atoms with Gasteiger partial charge in [0.1, 0.15) is 0 Å². The molecule has 0 spiro atoms. The van der Waals surface area contributed by atoms with E-state index in [1.54, 1.807) is 36.8 Å². The molecule has 7 heteroatoms. The number of nitrogens with one attached hydrogen (secondary N) is 1. The Labute approximate surface area is 130 Å². The highest BCUT2D eigenvalue weighted by atomic mass is 32.2. The molecule has 1 heterocycles. The van der Waals surface area contributed by atoms with Crippen molar-refractivity contribution < 1.29 is 13.2 Å². The first-order valence-corrected chi connectivity index (χ1v) is 8.93. The van der Waals surface area contributed by atoms with Crippen LogP contribution >= 0.6 is 0 Å². The summed E-state index contributed by atoms with van der Waals surface area (Å²) in [7, 11) is -3.07. The van der Waals surface area contributed by atoms with E-state index in [1.807, 2.05) is 17.7 Å². The summed E-state index contributed by atoms with van der Waals surface area (Å²) in [4.78, 5) is 16.1. The first-order valence-electron chi connectivity index (χ1n) is 6.87. The Balaban J connectivity index is 1.94. The summed E-state index contributed by atoms with van der Waals surface area (Å²) in [6.07, 6.45) is 6.41. The van der Waals surface area contributed by atoms with Gasteiger partial charge in [0.05, 0.1) is 12.1 Å². The average molecular weight is 321 g/mol. The maximum absolute atomic E-state index is 12.1. The van der Waals surface area contributed by atoms with Crippen molar-refractivity contribution in [2.75, 3.05) is 6.26 Å². The van der Waals surface area contributed by atoms with Crippen LogP contribution in [0, 0.1) is 0 Å². The van der Waals surface area contributed by atoms with E-state index in [0.29, 0.717) is 17.7 Å². The normalized spacial score (nSPS) is 12.8. The van der Waals surface area contributed by atoms with Crippen LogP contribution in [0.15, 0.2) is 43.0 Å². The molecule has 0 aliphatic heterocycles. The number of imidazole rings is 1. The number of hydrogen-bond donors (Lipinski definition) is 1. The Bertz CT molecular complexity index is 722. The molecular weight excluding hydrogens is 302 g/mol. The molecule has 0 bridgehead atoms. The number of hydrogen-bond acceptors (Lipinski definition) is 4. The number of nitrogens with zero attached hydrogens (tertiary/aromatic N) is 2. The molecule has 0 aliphatic carbocycles. The van der Waals surface area contributed by atoms with Crippen LogP contribution < -0.4 is 5.32 Å². The van der Waals surface area contributed by atoms with Gasteiger partial charge in [0.25, 0.3) is 5.91 Å². The maximum Gasteiger partial charge on any atom is 0.251 e. The van der Waals surface area contributed by atoms with Crippen LogP contribution in [0.1, 0.15) is 22.8 Å². The van der Waals surface area contributed by atoms with Crippen molar-refractivity contribution in [2.45, 2.75) is 25.3 Å². The van der Waals surface area contributed by atoms with E-state index in [4.69, 9.17) is 0 Å². The molecule has 1 N–H and O–H groups in total. The van der Waals surface area contributed by atoms with Crippen molar-refractivity contribution in [3.05, 3.63) is 54.1 Å². The SMILES string of the molecule is C[C@@H](Cn1ccnc1)NC(=O)c1ccc(CS(C)(=O)=O)cc1. The van der Waals surface area contributed by atoms with Gasteiger partial charge in [-0.2, -0.15) is 0 Å². The van der Waals surface area contributed by atoms with Gasteiger partial charge < -0.3 is 9.88 Å². The third-order valence-electron chi connectivity index (χ3n) is 3.07. The Morgan fingerprint density at radius 1 is 1.32 bits per heavy atom. The summed E-state index contributed by atoms with van der Waals surface area (Å²) in [5, 5.41) is 2.90. The summed E-state index contributed by atoms with van der Waals surface area (Å²) in [5.41, 5.74) is 1.18. The van der Waals surface area contributed by atoms with Gasteiger partial charge in [-0.15, -0.1) is 0 Å². The van der Waals surface area contributed by atoms with E-state index < -0.39 is 9.84 Å². The van der Waals surface area contributed by atoms with Crippen molar-refractivity contribution in [2.24, 2.45) is 0 Å². The first kappa shape index (κ1) is 16.2. The number of rotatable bonds is 6. The van der Waals surface area contributed by atoms with Gasteiger partial charge in [-0.3, -0.25) is 4.79 Å². The monoisotopic (exact) mass is 321 g/mol. The molecular formula is C15H19N3O3S. The molecule has 0 radical (unpaired) electrons. The standard InChI is InChI=1S/C15H19N3O3S/c1-12(9-18-8-7-16-11-18)17-15(19)14-5-3-13(4-6-14)10-22(2,20)21/h3-8,11-12H,9-10H2,1-2H3,(H,17,19)/t12-/m0/s1. The van der Waals surface area contributed by atoms with Crippen LogP contribution in [0.5, 0.6) is 0 Å². The van der Waals surface area contributed by atoms with E-state index >= 15 is 0 Å². The molecule has 1 amide bonds. The highest BCUT2D eigenvalue weighted by molar-refractivity contribution is 7.89. The quantitative estimate of drug-likeness (QED) is 0.868. The van der Waals surface area contributed by atoms with Crippen molar-refractivity contribution in [3.8, 4) is 0 Å². The van der Waals surface area contributed by atoms with Gasteiger partial charge >= 0.3 is 0 Å². The Morgan fingerprint density at radius 2 is 2.00 bits per heavy atom. The molecule has 0 unspecified atom stereocenters. The molecule has 0 saturated heterocycles. The summed E-state index contributed by atoms with van der Waals surface area (Å²) < 4.78 is 24.3. The molecule has 2 rings (SSSR count). The highest BCUT2D eigenvalue weighted by Gasteiger charge is 2.11. The Kier molecular flexibility index (Phi) is 4.97. The van der Waals surface area contributed by atoms with Gasteiger partial charge in [-0.25, -0.2) is 13.4 Å². The second-order valence-corrected chi connectivity index (χ2v) is 7.54. The Morgan fingerprint density at radius 3 is 2.55 bits per heavy atom.